The van der Waals surface area contributed by atoms with Gasteiger partial charge in [0, 0.05) is 12.1 Å². The summed E-state index contributed by atoms with van der Waals surface area (Å²) < 4.78 is 0. The van der Waals surface area contributed by atoms with Crippen molar-refractivity contribution in [3.05, 3.63) is 23.8 Å². The number of amides is 1. The molecule has 0 aliphatic rings. The van der Waals surface area contributed by atoms with Crippen LogP contribution in [0.1, 0.15) is 24.2 Å². The molecule has 110 valence electrons. The van der Waals surface area contributed by atoms with Gasteiger partial charge in [-0.25, -0.2) is 0 Å². The number of carbonyl (C=O) groups is 2. The summed E-state index contributed by atoms with van der Waals surface area (Å²) in [6.07, 6.45) is 0. The van der Waals surface area contributed by atoms with Gasteiger partial charge in [0.25, 0.3) is 0 Å². The lowest BCUT2D eigenvalue weighted by Crippen LogP contribution is -2.39. The van der Waals surface area contributed by atoms with Crippen molar-refractivity contribution in [3.8, 4) is 11.5 Å². The first kappa shape index (κ1) is 16.0. The fourth-order valence-electron chi connectivity index (χ4n) is 1.91. The van der Waals surface area contributed by atoms with E-state index in [1.807, 2.05) is 13.8 Å². The van der Waals surface area contributed by atoms with E-state index >= 15 is 0 Å². The van der Waals surface area contributed by atoms with Crippen LogP contribution in [-0.2, 0) is 4.79 Å². The Kier molecular flexibility index (Phi) is 5.52. The lowest BCUT2D eigenvalue weighted by atomic mass is 10.1. The SMILES string of the molecule is CC(C)CN(CC(N)=O)CC(=O)c1ccc(O)c(O)c1. The maximum Gasteiger partial charge on any atom is 0.231 e. The average Bonchev–Trinajstić information content (AvgIpc) is 2.30. The molecule has 0 radical (unpaired) electrons. The molecule has 1 rings (SSSR count). The predicted octanol–water partition coefficient (Wildman–Crippen LogP) is 0.724. The quantitative estimate of drug-likeness (QED) is 0.504. The van der Waals surface area contributed by atoms with Gasteiger partial charge < -0.3 is 15.9 Å². The van der Waals surface area contributed by atoms with Crippen molar-refractivity contribution in [1.82, 2.24) is 4.90 Å². The molecular weight excluding hydrogens is 260 g/mol. The lowest BCUT2D eigenvalue weighted by molar-refractivity contribution is -0.119. The molecule has 0 atom stereocenters. The number of benzene rings is 1. The van der Waals surface area contributed by atoms with Crippen LogP contribution in [0.2, 0.25) is 0 Å². The zero-order valence-electron chi connectivity index (χ0n) is 11.7. The molecule has 0 saturated carbocycles. The number of Topliss-reactive ketones (excluding diaryl/α,β-unsaturated/α-hetero) is 1. The highest BCUT2D eigenvalue weighted by molar-refractivity contribution is 5.98. The van der Waals surface area contributed by atoms with Crippen LogP contribution in [0.4, 0.5) is 0 Å². The summed E-state index contributed by atoms with van der Waals surface area (Å²) in [6.45, 7) is 4.56. The van der Waals surface area contributed by atoms with E-state index in [2.05, 4.69) is 0 Å². The molecule has 4 N–H and O–H groups in total. The fraction of sp³-hybridized carbons (Fsp3) is 0.429. The molecule has 0 heterocycles. The third kappa shape index (κ3) is 4.89. The molecule has 1 amide bonds. The molecule has 0 aromatic heterocycles. The second-order valence-corrected chi connectivity index (χ2v) is 5.16. The van der Waals surface area contributed by atoms with Gasteiger partial charge in [0.15, 0.2) is 17.3 Å². The largest absolute Gasteiger partial charge is 0.504 e. The molecule has 0 fully saturated rings. The van der Waals surface area contributed by atoms with Crippen LogP contribution in [0.15, 0.2) is 18.2 Å². The summed E-state index contributed by atoms with van der Waals surface area (Å²) in [5.74, 6) is -1.08. The number of phenols is 2. The van der Waals surface area contributed by atoms with Crippen molar-refractivity contribution < 1.29 is 19.8 Å². The van der Waals surface area contributed by atoms with Crippen molar-refractivity contribution in [2.24, 2.45) is 11.7 Å². The average molecular weight is 280 g/mol. The van der Waals surface area contributed by atoms with Crippen molar-refractivity contribution in [2.75, 3.05) is 19.6 Å². The van der Waals surface area contributed by atoms with Gasteiger partial charge in [-0.05, 0) is 24.1 Å². The molecule has 0 spiro atoms. The Balaban J connectivity index is 2.78. The number of carbonyl (C=O) groups excluding carboxylic acids is 2. The number of phenolic OH excluding ortho intramolecular Hbond substituents is 2. The van der Waals surface area contributed by atoms with E-state index in [1.165, 1.54) is 18.2 Å². The van der Waals surface area contributed by atoms with E-state index in [4.69, 9.17) is 5.73 Å². The van der Waals surface area contributed by atoms with Gasteiger partial charge in [0.1, 0.15) is 0 Å². The van der Waals surface area contributed by atoms with Crippen LogP contribution in [-0.4, -0.2) is 46.4 Å². The Morgan fingerprint density at radius 3 is 2.35 bits per heavy atom. The molecule has 0 saturated heterocycles. The van der Waals surface area contributed by atoms with E-state index in [-0.39, 0.29) is 41.9 Å². The standard InChI is InChI=1S/C14H20N2O4/c1-9(2)6-16(8-14(15)20)7-13(19)10-3-4-11(17)12(18)5-10/h3-5,9,17-18H,6-8H2,1-2H3,(H2,15,20). The van der Waals surface area contributed by atoms with Crippen LogP contribution < -0.4 is 5.73 Å². The third-order valence-corrected chi connectivity index (χ3v) is 2.67. The van der Waals surface area contributed by atoms with E-state index in [0.29, 0.717) is 6.54 Å². The first-order valence-corrected chi connectivity index (χ1v) is 6.35. The van der Waals surface area contributed by atoms with Crippen molar-refractivity contribution >= 4 is 11.7 Å². The van der Waals surface area contributed by atoms with Gasteiger partial charge in [-0.3, -0.25) is 14.5 Å². The van der Waals surface area contributed by atoms with E-state index in [0.717, 1.165) is 0 Å². The molecule has 6 nitrogen and oxygen atoms in total. The molecule has 6 heteroatoms. The van der Waals surface area contributed by atoms with Crippen LogP contribution in [0.5, 0.6) is 11.5 Å². The molecule has 0 unspecified atom stereocenters. The van der Waals surface area contributed by atoms with Crippen molar-refractivity contribution in [1.29, 1.82) is 0 Å². The van der Waals surface area contributed by atoms with E-state index < -0.39 is 5.91 Å². The zero-order valence-corrected chi connectivity index (χ0v) is 11.7. The summed E-state index contributed by atoms with van der Waals surface area (Å²) in [5.41, 5.74) is 5.44. The summed E-state index contributed by atoms with van der Waals surface area (Å²) in [4.78, 5) is 24.8. The highest BCUT2D eigenvalue weighted by atomic mass is 16.3. The second kappa shape index (κ2) is 6.91. The zero-order chi connectivity index (χ0) is 15.3. The van der Waals surface area contributed by atoms with Crippen molar-refractivity contribution in [3.63, 3.8) is 0 Å². The van der Waals surface area contributed by atoms with Gasteiger partial charge in [0.2, 0.25) is 5.91 Å². The Bertz CT molecular complexity index is 500. The Labute approximate surface area is 117 Å². The van der Waals surface area contributed by atoms with Gasteiger partial charge in [0.05, 0.1) is 13.1 Å². The summed E-state index contributed by atoms with van der Waals surface area (Å²) in [7, 11) is 0. The normalized spacial score (nSPS) is 11.0. The maximum atomic E-state index is 12.1. The predicted molar refractivity (Wildman–Crippen MR) is 74.6 cm³/mol. The van der Waals surface area contributed by atoms with Gasteiger partial charge >= 0.3 is 0 Å². The number of aromatic hydroxyl groups is 2. The molecule has 20 heavy (non-hydrogen) atoms. The minimum Gasteiger partial charge on any atom is -0.504 e. The number of nitrogens with two attached hydrogens (primary N) is 1. The minimum absolute atomic E-state index is 0.00792. The van der Waals surface area contributed by atoms with Crippen LogP contribution in [0.25, 0.3) is 0 Å². The Hall–Kier alpha value is -2.08. The minimum atomic E-state index is -0.494. The number of hydrogen-bond donors (Lipinski definition) is 3. The number of rotatable bonds is 7. The molecule has 0 bridgehead atoms. The first-order valence-electron chi connectivity index (χ1n) is 6.35. The second-order valence-electron chi connectivity index (χ2n) is 5.16. The molecule has 1 aromatic rings. The van der Waals surface area contributed by atoms with E-state index in [1.54, 1.807) is 4.90 Å². The summed E-state index contributed by atoms with van der Waals surface area (Å²) in [5, 5.41) is 18.6. The molecular formula is C14H20N2O4. The summed E-state index contributed by atoms with van der Waals surface area (Å²) in [6, 6.07) is 3.88. The molecule has 0 aliphatic heterocycles. The van der Waals surface area contributed by atoms with Crippen LogP contribution in [0.3, 0.4) is 0 Å². The van der Waals surface area contributed by atoms with Gasteiger partial charge in [-0.15, -0.1) is 0 Å². The number of nitrogens with zero attached hydrogens (tertiary/aromatic N) is 1. The lowest BCUT2D eigenvalue weighted by Gasteiger charge is -2.21. The van der Waals surface area contributed by atoms with Gasteiger partial charge in [-0.1, -0.05) is 13.8 Å². The first-order chi connectivity index (χ1) is 9.29. The molecule has 1 aromatic carbocycles. The number of primary amides is 1. The highest BCUT2D eigenvalue weighted by Gasteiger charge is 2.16. The van der Waals surface area contributed by atoms with Gasteiger partial charge in [-0.2, -0.15) is 0 Å². The molecule has 0 aliphatic carbocycles. The summed E-state index contributed by atoms with van der Waals surface area (Å²) >= 11 is 0. The number of ketones is 1. The topological polar surface area (TPSA) is 104 Å². The van der Waals surface area contributed by atoms with E-state index in [9.17, 15) is 19.8 Å². The number of hydrogen-bond acceptors (Lipinski definition) is 5. The van der Waals surface area contributed by atoms with Crippen LogP contribution >= 0.6 is 0 Å². The maximum absolute atomic E-state index is 12.1. The monoisotopic (exact) mass is 280 g/mol. The third-order valence-electron chi connectivity index (χ3n) is 2.67. The van der Waals surface area contributed by atoms with Crippen LogP contribution in [0, 0.1) is 5.92 Å². The van der Waals surface area contributed by atoms with Crippen molar-refractivity contribution in [2.45, 2.75) is 13.8 Å². The smallest absolute Gasteiger partial charge is 0.231 e. The Morgan fingerprint density at radius 2 is 1.85 bits per heavy atom. The fourth-order valence-corrected chi connectivity index (χ4v) is 1.91. The highest BCUT2D eigenvalue weighted by Crippen LogP contribution is 2.25. The Morgan fingerprint density at radius 1 is 1.20 bits per heavy atom.